The summed E-state index contributed by atoms with van der Waals surface area (Å²) in [7, 11) is 0. The molecule has 0 radical (unpaired) electrons. The molecule has 0 saturated heterocycles. The third-order valence-corrected chi connectivity index (χ3v) is 5.60. The number of pyridine rings is 1. The number of fused-ring (bicyclic) bond motifs is 1. The first-order valence-electron chi connectivity index (χ1n) is 6.03. The Balaban J connectivity index is 1.87. The summed E-state index contributed by atoms with van der Waals surface area (Å²) in [5, 5.41) is 2.27. The van der Waals surface area contributed by atoms with Gasteiger partial charge in [0.25, 0.3) is 0 Å². The van der Waals surface area contributed by atoms with Gasteiger partial charge >= 0.3 is 0 Å². The van der Waals surface area contributed by atoms with Crippen molar-refractivity contribution >= 4 is 50.7 Å². The second-order valence-electron chi connectivity index (χ2n) is 4.34. The lowest BCUT2D eigenvalue weighted by Gasteiger charge is -2.05. The number of hydrogen-bond donors (Lipinski definition) is 1. The molecule has 0 aliphatic heterocycles. The number of benzene rings is 1. The fourth-order valence-electron chi connectivity index (χ4n) is 1.92. The molecule has 6 heteroatoms. The number of thiazole rings is 1. The van der Waals surface area contributed by atoms with E-state index in [9.17, 15) is 0 Å². The zero-order valence-electron chi connectivity index (χ0n) is 10.8. The van der Waals surface area contributed by atoms with Gasteiger partial charge in [-0.3, -0.25) is 0 Å². The predicted octanol–water partition coefficient (Wildman–Crippen LogP) is 4.53. The number of rotatable bonds is 3. The van der Waals surface area contributed by atoms with Gasteiger partial charge < -0.3 is 5.73 Å². The molecule has 1 aromatic carbocycles. The van der Waals surface area contributed by atoms with Crippen LogP contribution in [0, 0.1) is 6.92 Å². The highest BCUT2D eigenvalue weighted by Crippen LogP contribution is 2.34. The molecule has 0 fully saturated rings. The van der Waals surface area contributed by atoms with Crippen LogP contribution in [0.2, 0.25) is 5.15 Å². The largest absolute Gasteiger partial charge is 0.375 e. The fraction of sp³-hybridized carbons (Fsp3) is 0.143. The van der Waals surface area contributed by atoms with E-state index in [1.165, 1.54) is 11.3 Å². The average molecular weight is 322 g/mol. The Morgan fingerprint density at radius 1 is 1.30 bits per heavy atom. The Labute approximate surface area is 130 Å². The lowest BCUT2D eigenvalue weighted by molar-refractivity contribution is 1.21. The van der Waals surface area contributed by atoms with Crippen molar-refractivity contribution in [2.45, 2.75) is 16.9 Å². The lowest BCUT2D eigenvalue weighted by Crippen LogP contribution is -1.88. The van der Waals surface area contributed by atoms with Gasteiger partial charge in [-0.25, -0.2) is 9.97 Å². The van der Waals surface area contributed by atoms with Crippen LogP contribution in [-0.4, -0.2) is 9.97 Å². The third-order valence-electron chi connectivity index (χ3n) is 2.88. The van der Waals surface area contributed by atoms with Crippen LogP contribution in [0.4, 0.5) is 5.13 Å². The topological polar surface area (TPSA) is 51.8 Å². The van der Waals surface area contributed by atoms with Crippen molar-refractivity contribution < 1.29 is 0 Å². The van der Waals surface area contributed by atoms with Crippen molar-refractivity contribution in [2.75, 3.05) is 5.73 Å². The minimum Gasteiger partial charge on any atom is -0.375 e. The predicted molar refractivity (Wildman–Crippen MR) is 87.6 cm³/mol. The van der Waals surface area contributed by atoms with Crippen LogP contribution >= 0.6 is 34.7 Å². The number of aromatic nitrogens is 2. The monoisotopic (exact) mass is 321 g/mol. The highest BCUT2D eigenvalue weighted by molar-refractivity contribution is 8.00. The van der Waals surface area contributed by atoms with Crippen molar-refractivity contribution in [1.29, 1.82) is 0 Å². The Hall–Kier alpha value is -1.30. The van der Waals surface area contributed by atoms with Crippen LogP contribution in [0.5, 0.6) is 0 Å². The number of para-hydroxylation sites is 1. The second-order valence-corrected chi connectivity index (χ2v) is 6.98. The molecule has 3 nitrogen and oxygen atoms in total. The van der Waals surface area contributed by atoms with E-state index in [2.05, 4.69) is 16.0 Å². The van der Waals surface area contributed by atoms with E-state index in [0.717, 1.165) is 32.1 Å². The number of thioether (sulfide) groups is 1. The van der Waals surface area contributed by atoms with E-state index in [1.54, 1.807) is 11.8 Å². The van der Waals surface area contributed by atoms with Crippen molar-refractivity contribution in [2.24, 2.45) is 0 Å². The van der Waals surface area contributed by atoms with E-state index >= 15 is 0 Å². The van der Waals surface area contributed by atoms with Gasteiger partial charge in [0.05, 0.1) is 15.4 Å². The summed E-state index contributed by atoms with van der Waals surface area (Å²) in [6, 6.07) is 10.1. The van der Waals surface area contributed by atoms with E-state index in [1.807, 2.05) is 31.2 Å². The van der Waals surface area contributed by atoms with Crippen LogP contribution in [0.25, 0.3) is 10.9 Å². The molecule has 0 aliphatic rings. The number of halogens is 1. The Morgan fingerprint density at radius 2 is 2.10 bits per heavy atom. The first kappa shape index (κ1) is 13.7. The normalized spacial score (nSPS) is 11.1. The lowest BCUT2D eigenvalue weighted by atomic mass is 10.2. The summed E-state index contributed by atoms with van der Waals surface area (Å²) in [6.07, 6.45) is 0. The number of nitrogens with two attached hydrogens (primary N) is 1. The van der Waals surface area contributed by atoms with Crippen molar-refractivity contribution in [1.82, 2.24) is 9.97 Å². The molecule has 3 aromatic rings. The van der Waals surface area contributed by atoms with E-state index in [0.29, 0.717) is 10.3 Å². The third kappa shape index (κ3) is 2.75. The maximum Gasteiger partial charge on any atom is 0.181 e. The Morgan fingerprint density at radius 3 is 2.85 bits per heavy atom. The van der Waals surface area contributed by atoms with Crippen LogP contribution in [-0.2, 0) is 5.75 Å². The van der Waals surface area contributed by atoms with Crippen molar-refractivity contribution in [3.05, 3.63) is 46.7 Å². The molecule has 0 saturated carbocycles. The molecule has 0 unspecified atom stereocenters. The first-order valence-corrected chi connectivity index (χ1v) is 8.21. The summed E-state index contributed by atoms with van der Waals surface area (Å²) >= 11 is 9.46. The van der Waals surface area contributed by atoms with Gasteiger partial charge in [-0.05, 0) is 19.1 Å². The van der Waals surface area contributed by atoms with Gasteiger partial charge in [-0.2, -0.15) is 0 Å². The maximum atomic E-state index is 6.25. The number of nitrogen functional groups attached to an aromatic ring is 1. The van der Waals surface area contributed by atoms with E-state index in [4.69, 9.17) is 17.3 Å². The first-order chi connectivity index (χ1) is 9.63. The second kappa shape index (κ2) is 5.60. The molecule has 0 bridgehead atoms. The minimum atomic E-state index is 0.561. The maximum absolute atomic E-state index is 6.25. The molecular formula is C14H12ClN3S2. The van der Waals surface area contributed by atoms with Crippen LogP contribution < -0.4 is 5.73 Å². The van der Waals surface area contributed by atoms with Crippen LogP contribution in [0.1, 0.15) is 11.3 Å². The van der Waals surface area contributed by atoms with Gasteiger partial charge in [0, 0.05) is 16.7 Å². The molecule has 0 atom stereocenters. The number of anilines is 1. The minimum absolute atomic E-state index is 0.561. The number of hydrogen-bond acceptors (Lipinski definition) is 5. The molecule has 0 aliphatic carbocycles. The summed E-state index contributed by atoms with van der Waals surface area (Å²) in [4.78, 5) is 8.65. The summed E-state index contributed by atoms with van der Waals surface area (Å²) in [5.41, 5.74) is 8.63. The zero-order chi connectivity index (χ0) is 14.1. The van der Waals surface area contributed by atoms with Gasteiger partial charge in [0.1, 0.15) is 5.15 Å². The molecule has 2 N–H and O–H groups in total. The highest BCUT2D eigenvalue weighted by atomic mass is 35.5. The number of nitrogens with zero attached hydrogens (tertiary/aromatic N) is 2. The van der Waals surface area contributed by atoms with Gasteiger partial charge in [-0.15, -0.1) is 11.8 Å². The average Bonchev–Trinajstić information content (AvgIpc) is 2.74. The fourth-order valence-corrected chi connectivity index (χ4v) is 4.20. The molecule has 2 aromatic heterocycles. The van der Waals surface area contributed by atoms with E-state index < -0.39 is 0 Å². The molecule has 2 heterocycles. The molecule has 102 valence electrons. The molecular weight excluding hydrogens is 310 g/mol. The van der Waals surface area contributed by atoms with Crippen molar-refractivity contribution in [3.63, 3.8) is 0 Å². The Kier molecular flexibility index (Phi) is 3.83. The van der Waals surface area contributed by atoms with E-state index in [-0.39, 0.29) is 0 Å². The molecule has 0 spiro atoms. The Bertz CT molecular complexity index is 770. The summed E-state index contributed by atoms with van der Waals surface area (Å²) < 4.78 is 1.13. The standard InChI is InChI=1S/C14H12ClN3S2/c1-8-13(20-14(16)17-8)19-7-10-6-9-4-2-3-5-11(9)18-12(10)15/h2-6H,7H2,1H3,(H2,16,17). The van der Waals surface area contributed by atoms with Crippen LogP contribution in [0.3, 0.4) is 0 Å². The molecule has 0 amide bonds. The van der Waals surface area contributed by atoms with Gasteiger partial charge in [0.2, 0.25) is 0 Å². The summed E-state index contributed by atoms with van der Waals surface area (Å²) in [5.74, 6) is 0.763. The highest BCUT2D eigenvalue weighted by Gasteiger charge is 2.09. The van der Waals surface area contributed by atoms with Crippen LogP contribution in [0.15, 0.2) is 34.5 Å². The zero-order valence-corrected chi connectivity index (χ0v) is 13.1. The quantitative estimate of drug-likeness (QED) is 0.569. The van der Waals surface area contributed by atoms with Gasteiger partial charge in [0.15, 0.2) is 5.13 Å². The van der Waals surface area contributed by atoms with Crippen molar-refractivity contribution in [3.8, 4) is 0 Å². The van der Waals surface area contributed by atoms with Gasteiger partial charge in [-0.1, -0.05) is 41.1 Å². The SMILES string of the molecule is Cc1nc(N)sc1SCc1cc2ccccc2nc1Cl. The molecule has 20 heavy (non-hydrogen) atoms. The number of aryl methyl sites for hydroxylation is 1. The smallest absolute Gasteiger partial charge is 0.181 e. The summed E-state index contributed by atoms with van der Waals surface area (Å²) in [6.45, 7) is 1.97. The molecule has 3 rings (SSSR count).